The van der Waals surface area contributed by atoms with E-state index in [0.717, 1.165) is 4.47 Å². The smallest absolute Gasteiger partial charge is 0.281 e. The van der Waals surface area contributed by atoms with Gasteiger partial charge in [0.25, 0.3) is 5.91 Å². The van der Waals surface area contributed by atoms with Gasteiger partial charge in [-0.1, -0.05) is 28.1 Å². The largest absolute Gasteiger partial charge is 0.354 e. The quantitative estimate of drug-likeness (QED) is 0.348. The molecule has 0 saturated heterocycles. The van der Waals surface area contributed by atoms with Gasteiger partial charge in [-0.05, 0) is 31.5 Å². The van der Waals surface area contributed by atoms with Crippen molar-refractivity contribution in [3.8, 4) is 0 Å². The summed E-state index contributed by atoms with van der Waals surface area (Å²) in [5, 5.41) is 0. The summed E-state index contributed by atoms with van der Waals surface area (Å²) in [6, 6.07) is 7.13. The zero-order valence-electron chi connectivity index (χ0n) is 11.1. The van der Waals surface area contributed by atoms with Crippen molar-refractivity contribution in [1.29, 1.82) is 0 Å². The Morgan fingerprint density at radius 2 is 2.00 bits per heavy atom. The van der Waals surface area contributed by atoms with E-state index in [1.165, 1.54) is 0 Å². The van der Waals surface area contributed by atoms with E-state index in [1.54, 1.807) is 32.0 Å². The summed E-state index contributed by atoms with van der Waals surface area (Å²) >= 11 is 3.34. The van der Waals surface area contributed by atoms with Crippen molar-refractivity contribution in [3.05, 3.63) is 56.8 Å². The first-order chi connectivity index (χ1) is 9.45. The number of H-pyrrole nitrogens is 1. The van der Waals surface area contributed by atoms with E-state index in [0.29, 0.717) is 28.1 Å². The molecule has 20 heavy (non-hydrogen) atoms. The second-order valence-corrected chi connectivity index (χ2v) is 5.35. The zero-order valence-corrected chi connectivity index (χ0v) is 12.7. The lowest BCUT2D eigenvalue weighted by molar-refractivity contribution is 0.0948. The molecule has 0 bridgehead atoms. The molecule has 0 fully saturated rings. The maximum absolute atomic E-state index is 12.6. The Morgan fingerprint density at radius 1 is 1.30 bits per heavy atom. The third kappa shape index (κ3) is 2.52. The van der Waals surface area contributed by atoms with Crippen LogP contribution in [0.25, 0.3) is 0 Å². The lowest BCUT2D eigenvalue weighted by Crippen LogP contribution is -2.30. The van der Waals surface area contributed by atoms with Gasteiger partial charge in [-0.2, -0.15) is 0 Å². The average molecular weight is 336 g/mol. The monoisotopic (exact) mass is 335 g/mol. The van der Waals surface area contributed by atoms with Crippen LogP contribution in [-0.4, -0.2) is 16.7 Å². The Labute approximate surface area is 124 Å². The SMILES string of the molecule is Cc1[nH]c(C(=O)NN)c(C)c1C(=O)c1cccc(Br)c1. The van der Waals surface area contributed by atoms with E-state index in [2.05, 4.69) is 26.3 Å². The fourth-order valence-corrected chi connectivity index (χ4v) is 2.56. The molecule has 0 radical (unpaired) electrons. The summed E-state index contributed by atoms with van der Waals surface area (Å²) in [4.78, 5) is 27.1. The van der Waals surface area contributed by atoms with Crippen LogP contribution in [0.5, 0.6) is 0 Å². The maximum atomic E-state index is 12.6. The highest BCUT2D eigenvalue weighted by Crippen LogP contribution is 2.22. The highest BCUT2D eigenvalue weighted by atomic mass is 79.9. The first-order valence-electron chi connectivity index (χ1n) is 5.96. The van der Waals surface area contributed by atoms with Crippen LogP contribution >= 0.6 is 15.9 Å². The Balaban J connectivity index is 2.51. The number of hydrogen-bond acceptors (Lipinski definition) is 3. The standard InChI is InChI=1S/C14H14BrN3O2/c1-7-11(8(2)17-12(7)14(20)18-16)13(19)9-4-3-5-10(15)6-9/h3-6,17H,16H2,1-2H3,(H,18,20). The van der Waals surface area contributed by atoms with Gasteiger partial charge in [-0.15, -0.1) is 0 Å². The fraction of sp³-hybridized carbons (Fsp3) is 0.143. The number of aromatic amines is 1. The minimum absolute atomic E-state index is 0.131. The second kappa shape index (κ2) is 5.60. The minimum atomic E-state index is -0.445. The van der Waals surface area contributed by atoms with Gasteiger partial charge in [-0.25, -0.2) is 5.84 Å². The number of halogens is 1. The van der Waals surface area contributed by atoms with Crippen molar-refractivity contribution in [2.75, 3.05) is 0 Å². The number of nitrogen functional groups attached to an aromatic ring is 1. The molecule has 0 atom stereocenters. The van der Waals surface area contributed by atoms with Crippen LogP contribution in [0.15, 0.2) is 28.7 Å². The van der Waals surface area contributed by atoms with Gasteiger partial charge in [0.2, 0.25) is 0 Å². The molecule has 0 unspecified atom stereocenters. The van der Waals surface area contributed by atoms with E-state index in [9.17, 15) is 9.59 Å². The molecule has 0 saturated carbocycles. The number of hydrazine groups is 1. The van der Waals surface area contributed by atoms with Crippen LogP contribution in [0, 0.1) is 13.8 Å². The van der Waals surface area contributed by atoms with Gasteiger partial charge in [0.1, 0.15) is 5.69 Å². The van der Waals surface area contributed by atoms with Crippen LogP contribution in [0.1, 0.15) is 37.7 Å². The number of nitrogens with one attached hydrogen (secondary N) is 2. The number of amides is 1. The molecule has 1 aromatic heterocycles. The predicted molar refractivity (Wildman–Crippen MR) is 79.5 cm³/mol. The number of aryl methyl sites for hydroxylation is 1. The van der Waals surface area contributed by atoms with Crippen molar-refractivity contribution >= 4 is 27.6 Å². The minimum Gasteiger partial charge on any atom is -0.354 e. The van der Waals surface area contributed by atoms with E-state index in [4.69, 9.17) is 5.84 Å². The molecule has 0 aliphatic rings. The highest BCUT2D eigenvalue weighted by Gasteiger charge is 2.22. The number of hydrogen-bond donors (Lipinski definition) is 3. The zero-order chi connectivity index (χ0) is 14.9. The Morgan fingerprint density at radius 3 is 2.60 bits per heavy atom. The second-order valence-electron chi connectivity index (χ2n) is 4.44. The summed E-state index contributed by atoms with van der Waals surface area (Å²) in [7, 11) is 0. The van der Waals surface area contributed by atoms with Crippen LogP contribution in [0.4, 0.5) is 0 Å². The van der Waals surface area contributed by atoms with Crippen molar-refractivity contribution in [3.63, 3.8) is 0 Å². The molecule has 1 aromatic carbocycles. The molecule has 1 amide bonds. The molecule has 2 aromatic rings. The van der Waals surface area contributed by atoms with Crippen molar-refractivity contribution in [1.82, 2.24) is 10.4 Å². The molecular formula is C14H14BrN3O2. The molecule has 5 nitrogen and oxygen atoms in total. The summed E-state index contributed by atoms with van der Waals surface area (Å²) < 4.78 is 0.828. The van der Waals surface area contributed by atoms with Crippen LogP contribution < -0.4 is 11.3 Å². The van der Waals surface area contributed by atoms with Gasteiger partial charge in [-0.3, -0.25) is 15.0 Å². The average Bonchev–Trinajstić information content (AvgIpc) is 2.72. The molecule has 4 N–H and O–H groups in total. The van der Waals surface area contributed by atoms with Crippen molar-refractivity contribution in [2.24, 2.45) is 5.84 Å². The number of rotatable bonds is 3. The topological polar surface area (TPSA) is 88.0 Å². The van der Waals surface area contributed by atoms with E-state index in [-0.39, 0.29) is 5.78 Å². The third-order valence-electron chi connectivity index (χ3n) is 3.11. The molecule has 0 aliphatic heterocycles. The van der Waals surface area contributed by atoms with Crippen LogP contribution in [0.2, 0.25) is 0 Å². The summed E-state index contributed by atoms with van der Waals surface area (Å²) in [6.45, 7) is 3.48. The normalized spacial score (nSPS) is 10.4. The molecular weight excluding hydrogens is 322 g/mol. The summed E-state index contributed by atoms with van der Waals surface area (Å²) in [6.07, 6.45) is 0. The Bertz CT molecular complexity index is 692. The number of benzene rings is 1. The van der Waals surface area contributed by atoms with Crippen molar-refractivity contribution in [2.45, 2.75) is 13.8 Å². The molecule has 1 heterocycles. The molecule has 104 valence electrons. The molecule has 2 rings (SSSR count). The van der Waals surface area contributed by atoms with Gasteiger partial charge in [0.05, 0.1) is 0 Å². The number of aromatic nitrogens is 1. The number of carbonyl (C=O) groups excluding carboxylic acids is 2. The maximum Gasteiger partial charge on any atom is 0.281 e. The number of ketones is 1. The van der Waals surface area contributed by atoms with E-state index < -0.39 is 5.91 Å². The van der Waals surface area contributed by atoms with Gasteiger partial charge < -0.3 is 4.98 Å². The van der Waals surface area contributed by atoms with Gasteiger partial charge in [0, 0.05) is 21.3 Å². The van der Waals surface area contributed by atoms with E-state index in [1.807, 2.05) is 6.07 Å². The summed E-state index contributed by atoms with van der Waals surface area (Å²) in [5.41, 5.74) is 4.67. The Hall–Kier alpha value is -1.92. The molecule has 6 heteroatoms. The number of nitrogens with two attached hydrogens (primary N) is 1. The lowest BCUT2D eigenvalue weighted by Gasteiger charge is -2.03. The Kier molecular flexibility index (Phi) is 4.06. The third-order valence-corrected chi connectivity index (χ3v) is 3.60. The molecule has 0 spiro atoms. The lowest BCUT2D eigenvalue weighted by atomic mass is 9.99. The van der Waals surface area contributed by atoms with Crippen LogP contribution in [-0.2, 0) is 0 Å². The molecule has 0 aliphatic carbocycles. The van der Waals surface area contributed by atoms with Crippen molar-refractivity contribution < 1.29 is 9.59 Å². The van der Waals surface area contributed by atoms with E-state index >= 15 is 0 Å². The van der Waals surface area contributed by atoms with Crippen LogP contribution in [0.3, 0.4) is 0 Å². The number of carbonyl (C=O) groups is 2. The first kappa shape index (κ1) is 14.5. The highest BCUT2D eigenvalue weighted by molar-refractivity contribution is 9.10. The predicted octanol–water partition coefficient (Wildman–Crippen LogP) is 2.23. The van der Waals surface area contributed by atoms with Gasteiger partial charge >= 0.3 is 0 Å². The summed E-state index contributed by atoms with van der Waals surface area (Å²) in [5.74, 6) is 4.55. The first-order valence-corrected chi connectivity index (χ1v) is 6.75. The van der Waals surface area contributed by atoms with Gasteiger partial charge in [0.15, 0.2) is 5.78 Å². The fourth-order valence-electron chi connectivity index (χ4n) is 2.16.